The van der Waals surface area contributed by atoms with Crippen LogP contribution >= 0.6 is 11.8 Å². The first-order chi connectivity index (χ1) is 10.3. The molecule has 0 aliphatic heterocycles. The van der Waals surface area contributed by atoms with E-state index in [1.807, 2.05) is 12.1 Å². The van der Waals surface area contributed by atoms with E-state index < -0.39 is 0 Å². The zero-order chi connectivity index (χ0) is 14.5. The molecule has 0 unspecified atom stereocenters. The lowest BCUT2D eigenvalue weighted by Gasteiger charge is -2.07. The summed E-state index contributed by atoms with van der Waals surface area (Å²) in [4.78, 5) is 5.85. The fraction of sp³-hybridized carbons (Fsp3) is 0.167. The van der Waals surface area contributed by atoms with E-state index in [2.05, 4.69) is 65.8 Å². The highest BCUT2D eigenvalue weighted by molar-refractivity contribution is 7.99. The van der Waals surface area contributed by atoms with Crippen molar-refractivity contribution in [2.45, 2.75) is 23.3 Å². The van der Waals surface area contributed by atoms with Gasteiger partial charge in [0, 0.05) is 11.4 Å². The first-order valence-corrected chi connectivity index (χ1v) is 8.04. The Kier molecular flexibility index (Phi) is 4.41. The fourth-order valence-electron chi connectivity index (χ4n) is 2.17. The number of rotatable bonds is 5. The van der Waals surface area contributed by atoms with Crippen molar-refractivity contribution in [2.75, 3.05) is 11.9 Å². The van der Waals surface area contributed by atoms with Crippen LogP contribution < -0.4 is 5.32 Å². The molecule has 2 nitrogen and oxygen atoms in total. The topological polar surface area (TPSA) is 24.9 Å². The zero-order valence-corrected chi connectivity index (χ0v) is 12.9. The summed E-state index contributed by atoms with van der Waals surface area (Å²) >= 11 is 1.70. The number of hydrogen-bond acceptors (Lipinski definition) is 3. The molecule has 1 aromatic heterocycles. The van der Waals surface area contributed by atoms with E-state index in [4.69, 9.17) is 0 Å². The molecule has 0 radical (unpaired) electrons. The van der Waals surface area contributed by atoms with Gasteiger partial charge in [-0.05, 0) is 41.5 Å². The third-order valence-electron chi connectivity index (χ3n) is 3.22. The van der Waals surface area contributed by atoms with Crippen LogP contribution in [0.15, 0.2) is 70.6 Å². The Balaban J connectivity index is 1.81. The zero-order valence-electron chi connectivity index (χ0n) is 12.0. The lowest BCUT2D eigenvalue weighted by molar-refractivity contribution is 0.960. The third-order valence-corrected chi connectivity index (χ3v) is 4.15. The van der Waals surface area contributed by atoms with E-state index in [1.54, 1.807) is 11.8 Å². The second kappa shape index (κ2) is 6.64. The molecular formula is C18H18N2S. The number of nitrogens with one attached hydrogen (secondary N) is 1. The number of pyridine rings is 1. The van der Waals surface area contributed by atoms with Crippen molar-refractivity contribution >= 4 is 28.4 Å². The van der Waals surface area contributed by atoms with Crippen LogP contribution in [0.5, 0.6) is 0 Å². The highest BCUT2D eigenvalue weighted by atomic mass is 32.2. The average Bonchev–Trinajstić information content (AvgIpc) is 2.53. The van der Waals surface area contributed by atoms with Gasteiger partial charge in [-0.15, -0.1) is 0 Å². The quantitative estimate of drug-likeness (QED) is 0.699. The second-order valence-corrected chi connectivity index (χ2v) is 5.99. The molecule has 1 heterocycles. The predicted octanol–water partition coefficient (Wildman–Crippen LogP) is 5.21. The lowest BCUT2D eigenvalue weighted by Crippen LogP contribution is -2.01. The lowest BCUT2D eigenvalue weighted by atomic mass is 10.1. The van der Waals surface area contributed by atoms with Gasteiger partial charge in [0.05, 0.1) is 0 Å². The molecule has 3 heteroatoms. The van der Waals surface area contributed by atoms with Crippen LogP contribution in [-0.4, -0.2) is 11.5 Å². The van der Waals surface area contributed by atoms with Crippen molar-refractivity contribution in [1.82, 2.24) is 4.98 Å². The molecule has 0 aliphatic carbocycles. The predicted molar refractivity (Wildman–Crippen MR) is 91.1 cm³/mol. The Hall–Kier alpha value is -2.00. The van der Waals surface area contributed by atoms with E-state index in [0.29, 0.717) is 0 Å². The maximum atomic E-state index is 4.64. The highest BCUT2D eigenvalue weighted by Crippen LogP contribution is 2.29. The number of aromatic nitrogens is 1. The molecular weight excluding hydrogens is 276 g/mol. The van der Waals surface area contributed by atoms with E-state index in [1.165, 1.54) is 15.7 Å². The number of anilines is 1. The minimum absolute atomic E-state index is 0.947. The molecule has 3 aromatic rings. The normalized spacial score (nSPS) is 10.7. The molecule has 0 amide bonds. The summed E-state index contributed by atoms with van der Waals surface area (Å²) < 4.78 is 0. The van der Waals surface area contributed by atoms with Crippen LogP contribution in [0.2, 0.25) is 0 Å². The van der Waals surface area contributed by atoms with Gasteiger partial charge in [0.25, 0.3) is 0 Å². The van der Waals surface area contributed by atoms with E-state index in [-0.39, 0.29) is 0 Å². The van der Waals surface area contributed by atoms with Gasteiger partial charge >= 0.3 is 0 Å². The SMILES string of the molecule is CCCNc1cccc(Sc2ccc3ccccc3c2)n1. The molecule has 0 aliphatic rings. The molecule has 21 heavy (non-hydrogen) atoms. The molecule has 3 rings (SSSR count). The number of benzene rings is 2. The first kappa shape index (κ1) is 14.0. The molecule has 0 bridgehead atoms. The standard InChI is InChI=1S/C18H18N2S/c1-2-12-19-17-8-5-9-18(20-17)21-16-11-10-14-6-3-4-7-15(14)13-16/h3-11,13H,2,12H2,1H3,(H,19,20). The summed E-state index contributed by atoms with van der Waals surface area (Å²) in [5.74, 6) is 0.947. The summed E-state index contributed by atoms with van der Waals surface area (Å²) in [5.41, 5.74) is 0. The molecule has 2 aromatic carbocycles. The van der Waals surface area contributed by atoms with Crippen molar-refractivity contribution in [3.05, 3.63) is 60.7 Å². The van der Waals surface area contributed by atoms with Crippen molar-refractivity contribution in [3.63, 3.8) is 0 Å². The minimum atomic E-state index is 0.947. The van der Waals surface area contributed by atoms with Gasteiger partial charge in [-0.2, -0.15) is 0 Å². The molecule has 0 atom stereocenters. The summed E-state index contributed by atoms with van der Waals surface area (Å²) in [6.45, 7) is 3.11. The van der Waals surface area contributed by atoms with Crippen LogP contribution in [0.25, 0.3) is 10.8 Å². The average molecular weight is 294 g/mol. The van der Waals surface area contributed by atoms with Gasteiger partial charge in [0.1, 0.15) is 10.8 Å². The molecule has 0 saturated heterocycles. The van der Waals surface area contributed by atoms with Crippen molar-refractivity contribution in [3.8, 4) is 0 Å². The summed E-state index contributed by atoms with van der Waals surface area (Å²) in [5, 5.41) is 6.88. The third kappa shape index (κ3) is 3.56. The molecule has 106 valence electrons. The fourth-order valence-corrected chi connectivity index (χ4v) is 3.03. The molecule has 1 N–H and O–H groups in total. The maximum absolute atomic E-state index is 4.64. The van der Waals surface area contributed by atoms with Gasteiger partial charge in [-0.1, -0.05) is 55.1 Å². The summed E-state index contributed by atoms with van der Waals surface area (Å²) in [6, 6.07) is 21.1. The number of hydrogen-bond donors (Lipinski definition) is 1. The van der Waals surface area contributed by atoms with E-state index in [9.17, 15) is 0 Å². The van der Waals surface area contributed by atoms with Crippen molar-refractivity contribution < 1.29 is 0 Å². The van der Waals surface area contributed by atoms with Crippen LogP contribution in [0.1, 0.15) is 13.3 Å². The highest BCUT2D eigenvalue weighted by Gasteiger charge is 2.02. The molecule has 0 spiro atoms. The van der Waals surface area contributed by atoms with Crippen LogP contribution in [0.4, 0.5) is 5.82 Å². The maximum Gasteiger partial charge on any atom is 0.127 e. The minimum Gasteiger partial charge on any atom is -0.370 e. The van der Waals surface area contributed by atoms with Crippen molar-refractivity contribution in [2.24, 2.45) is 0 Å². The van der Waals surface area contributed by atoms with Gasteiger partial charge in [-0.3, -0.25) is 0 Å². The molecule has 0 fully saturated rings. The van der Waals surface area contributed by atoms with Gasteiger partial charge < -0.3 is 5.32 Å². The largest absolute Gasteiger partial charge is 0.370 e. The Labute approximate surface area is 129 Å². The Morgan fingerprint density at radius 3 is 2.67 bits per heavy atom. The van der Waals surface area contributed by atoms with Gasteiger partial charge in [0.2, 0.25) is 0 Å². The smallest absolute Gasteiger partial charge is 0.127 e. The van der Waals surface area contributed by atoms with E-state index >= 15 is 0 Å². The van der Waals surface area contributed by atoms with Crippen LogP contribution in [-0.2, 0) is 0 Å². The first-order valence-electron chi connectivity index (χ1n) is 7.23. The summed E-state index contributed by atoms with van der Waals surface area (Å²) in [6.07, 6.45) is 1.10. The monoisotopic (exact) mass is 294 g/mol. The van der Waals surface area contributed by atoms with E-state index in [0.717, 1.165) is 23.8 Å². The van der Waals surface area contributed by atoms with Crippen molar-refractivity contribution in [1.29, 1.82) is 0 Å². The second-order valence-electron chi connectivity index (χ2n) is 4.90. The Bertz CT molecular complexity index is 740. The van der Waals surface area contributed by atoms with Gasteiger partial charge in [0.15, 0.2) is 0 Å². The molecule has 0 saturated carbocycles. The number of fused-ring (bicyclic) bond motifs is 1. The Morgan fingerprint density at radius 2 is 1.81 bits per heavy atom. The van der Waals surface area contributed by atoms with Crippen LogP contribution in [0.3, 0.4) is 0 Å². The van der Waals surface area contributed by atoms with Gasteiger partial charge in [-0.25, -0.2) is 4.98 Å². The number of nitrogens with zero attached hydrogens (tertiary/aromatic N) is 1. The Morgan fingerprint density at radius 1 is 0.952 bits per heavy atom. The van der Waals surface area contributed by atoms with Crippen LogP contribution in [0, 0.1) is 0 Å². The summed E-state index contributed by atoms with van der Waals surface area (Å²) in [7, 11) is 0.